The van der Waals surface area contributed by atoms with Crippen LogP contribution in [-0.4, -0.2) is 42.3 Å². The Bertz CT molecular complexity index is 729. The van der Waals surface area contributed by atoms with Crippen LogP contribution in [0.2, 0.25) is 0 Å². The van der Waals surface area contributed by atoms with E-state index in [4.69, 9.17) is 0 Å². The second-order valence-corrected chi connectivity index (χ2v) is 8.57. The average molecular weight is 398 g/mol. The molecule has 6 nitrogen and oxygen atoms in total. The van der Waals surface area contributed by atoms with E-state index >= 15 is 0 Å². The van der Waals surface area contributed by atoms with Crippen LogP contribution in [0.25, 0.3) is 0 Å². The molecule has 6 heteroatoms. The molecule has 4 rings (SSSR count). The minimum Gasteiger partial charge on any atom is -0.372 e. The maximum absolute atomic E-state index is 12.5. The molecule has 0 radical (unpaired) electrons. The monoisotopic (exact) mass is 397 g/mol. The summed E-state index contributed by atoms with van der Waals surface area (Å²) >= 11 is 0. The Morgan fingerprint density at radius 1 is 0.862 bits per heavy atom. The Kier molecular flexibility index (Phi) is 6.16. The van der Waals surface area contributed by atoms with Crippen LogP contribution in [0.4, 0.5) is 11.4 Å². The molecule has 3 aliphatic rings. The highest BCUT2D eigenvalue weighted by Crippen LogP contribution is 2.38. The third-order valence-electron chi connectivity index (χ3n) is 6.62. The lowest BCUT2D eigenvalue weighted by Crippen LogP contribution is -2.34. The average Bonchev–Trinajstić information content (AvgIpc) is 2.92. The second kappa shape index (κ2) is 8.97. The second-order valence-electron chi connectivity index (χ2n) is 8.57. The van der Waals surface area contributed by atoms with E-state index in [0.29, 0.717) is 0 Å². The molecule has 0 aromatic heterocycles. The zero-order chi connectivity index (χ0) is 20.2. The minimum atomic E-state index is -0.164. The van der Waals surface area contributed by atoms with Crippen LogP contribution < -0.4 is 10.2 Å². The van der Waals surface area contributed by atoms with Gasteiger partial charge in [0.2, 0.25) is 17.7 Å². The Morgan fingerprint density at radius 3 is 2.03 bits per heavy atom. The summed E-state index contributed by atoms with van der Waals surface area (Å²) in [6.07, 6.45) is 8.85. The standard InChI is InChI=1S/C23H31N3O3/c27-21(13-16-26-22(28)19-7-3-4-8-20(19)23(26)29)24-17-9-11-18(12-10-17)25-14-5-1-2-6-15-25/h9-12,19-20H,1-8,13-16H2,(H,24,27)/t19-,20-/m0/s1. The summed E-state index contributed by atoms with van der Waals surface area (Å²) in [7, 11) is 0. The van der Waals surface area contributed by atoms with Crippen molar-refractivity contribution < 1.29 is 14.4 Å². The van der Waals surface area contributed by atoms with E-state index in [1.807, 2.05) is 12.1 Å². The first-order chi connectivity index (χ1) is 14.1. The lowest BCUT2D eigenvalue weighted by atomic mass is 9.81. The smallest absolute Gasteiger partial charge is 0.233 e. The fourth-order valence-corrected chi connectivity index (χ4v) is 4.97. The fraction of sp³-hybridized carbons (Fsp3) is 0.609. The Labute approximate surface area is 172 Å². The topological polar surface area (TPSA) is 69.7 Å². The van der Waals surface area contributed by atoms with Gasteiger partial charge in [-0.25, -0.2) is 0 Å². The zero-order valence-corrected chi connectivity index (χ0v) is 17.1. The van der Waals surface area contributed by atoms with Gasteiger partial charge in [-0.15, -0.1) is 0 Å². The molecule has 2 saturated heterocycles. The molecule has 2 aliphatic heterocycles. The molecule has 0 spiro atoms. The first kappa shape index (κ1) is 19.9. The number of likely N-dealkylation sites (tertiary alicyclic amines) is 1. The SMILES string of the molecule is O=C(CCN1C(=O)[C@H]2CCCC[C@@H]2C1=O)Nc1ccc(N2CCCCCC2)cc1. The third-order valence-corrected chi connectivity index (χ3v) is 6.62. The molecule has 2 atom stereocenters. The Balaban J connectivity index is 1.28. The number of benzene rings is 1. The summed E-state index contributed by atoms with van der Waals surface area (Å²) in [6, 6.07) is 7.97. The third kappa shape index (κ3) is 4.46. The van der Waals surface area contributed by atoms with Crippen LogP contribution in [-0.2, 0) is 14.4 Å². The number of amides is 3. The van der Waals surface area contributed by atoms with Gasteiger partial charge >= 0.3 is 0 Å². The van der Waals surface area contributed by atoms with Crippen molar-refractivity contribution in [3.63, 3.8) is 0 Å². The molecule has 2 heterocycles. The van der Waals surface area contributed by atoms with Gasteiger partial charge in [-0.3, -0.25) is 19.3 Å². The van der Waals surface area contributed by atoms with Gasteiger partial charge in [0, 0.05) is 37.4 Å². The van der Waals surface area contributed by atoms with Crippen LogP contribution in [0.1, 0.15) is 57.8 Å². The van der Waals surface area contributed by atoms with Crippen LogP contribution in [0, 0.1) is 11.8 Å². The van der Waals surface area contributed by atoms with Crippen LogP contribution >= 0.6 is 0 Å². The van der Waals surface area contributed by atoms with Crippen molar-refractivity contribution in [1.29, 1.82) is 0 Å². The van der Waals surface area contributed by atoms with Crippen molar-refractivity contribution in [2.24, 2.45) is 11.8 Å². The van der Waals surface area contributed by atoms with Crippen molar-refractivity contribution >= 4 is 29.1 Å². The van der Waals surface area contributed by atoms with Gasteiger partial charge in [0.05, 0.1) is 11.8 Å². The van der Waals surface area contributed by atoms with Crippen LogP contribution in [0.15, 0.2) is 24.3 Å². The number of carbonyl (C=O) groups is 3. The highest BCUT2D eigenvalue weighted by Gasteiger charge is 2.47. The lowest BCUT2D eigenvalue weighted by molar-refractivity contribution is -0.140. The lowest BCUT2D eigenvalue weighted by Gasteiger charge is -2.22. The van der Waals surface area contributed by atoms with E-state index in [9.17, 15) is 14.4 Å². The van der Waals surface area contributed by atoms with Crippen molar-refractivity contribution in [2.45, 2.75) is 57.8 Å². The number of hydrogen-bond acceptors (Lipinski definition) is 4. The summed E-state index contributed by atoms with van der Waals surface area (Å²) < 4.78 is 0. The van der Waals surface area contributed by atoms with E-state index in [-0.39, 0.29) is 42.5 Å². The maximum atomic E-state index is 12.5. The molecular weight excluding hydrogens is 366 g/mol. The summed E-state index contributed by atoms with van der Waals surface area (Å²) in [5.41, 5.74) is 1.95. The van der Waals surface area contributed by atoms with E-state index in [1.165, 1.54) is 36.3 Å². The molecule has 3 amide bonds. The highest BCUT2D eigenvalue weighted by molar-refractivity contribution is 6.05. The van der Waals surface area contributed by atoms with Crippen LogP contribution in [0.3, 0.4) is 0 Å². The first-order valence-corrected chi connectivity index (χ1v) is 11.1. The van der Waals surface area contributed by atoms with Gasteiger partial charge < -0.3 is 10.2 Å². The molecule has 1 aromatic carbocycles. The maximum Gasteiger partial charge on any atom is 0.233 e. The molecule has 1 saturated carbocycles. The molecule has 156 valence electrons. The first-order valence-electron chi connectivity index (χ1n) is 11.1. The molecule has 1 aromatic rings. The number of carbonyl (C=O) groups excluding carboxylic acids is 3. The van der Waals surface area contributed by atoms with Crippen molar-refractivity contribution in [2.75, 3.05) is 29.9 Å². The Hall–Kier alpha value is -2.37. The van der Waals surface area contributed by atoms with Gasteiger partial charge in [-0.05, 0) is 49.9 Å². The zero-order valence-electron chi connectivity index (χ0n) is 17.1. The molecule has 0 bridgehead atoms. The normalized spacial score (nSPS) is 25.0. The number of anilines is 2. The van der Waals surface area contributed by atoms with E-state index in [0.717, 1.165) is 44.5 Å². The molecule has 1 N–H and O–H groups in total. The summed E-state index contributed by atoms with van der Waals surface area (Å²) in [5, 5.41) is 2.89. The molecule has 3 fully saturated rings. The summed E-state index contributed by atoms with van der Waals surface area (Å²) in [4.78, 5) is 41.1. The fourth-order valence-electron chi connectivity index (χ4n) is 4.97. The predicted molar refractivity (Wildman–Crippen MR) is 113 cm³/mol. The van der Waals surface area contributed by atoms with Gasteiger partial charge in [0.1, 0.15) is 0 Å². The van der Waals surface area contributed by atoms with E-state index < -0.39 is 0 Å². The van der Waals surface area contributed by atoms with Gasteiger partial charge in [-0.2, -0.15) is 0 Å². The van der Waals surface area contributed by atoms with E-state index in [2.05, 4.69) is 22.3 Å². The van der Waals surface area contributed by atoms with Crippen LogP contribution in [0.5, 0.6) is 0 Å². The van der Waals surface area contributed by atoms with Crippen molar-refractivity contribution in [1.82, 2.24) is 4.90 Å². The predicted octanol–water partition coefficient (Wildman–Crippen LogP) is 3.57. The number of imide groups is 1. The minimum absolute atomic E-state index is 0.0747. The van der Waals surface area contributed by atoms with Crippen molar-refractivity contribution in [3.8, 4) is 0 Å². The van der Waals surface area contributed by atoms with E-state index in [1.54, 1.807) is 0 Å². The summed E-state index contributed by atoms with van der Waals surface area (Å²) in [6.45, 7) is 2.36. The number of rotatable bonds is 5. The van der Waals surface area contributed by atoms with Gasteiger partial charge in [0.15, 0.2) is 0 Å². The Morgan fingerprint density at radius 2 is 1.45 bits per heavy atom. The molecule has 0 unspecified atom stereocenters. The highest BCUT2D eigenvalue weighted by atomic mass is 16.2. The van der Waals surface area contributed by atoms with Gasteiger partial charge in [-0.1, -0.05) is 25.7 Å². The largest absolute Gasteiger partial charge is 0.372 e. The summed E-state index contributed by atoms with van der Waals surface area (Å²) in [5.74, 6) is -0.608. The van der Waals surface area contributed by atoms with Crippen molar-refractivity contribution in [3.05, 3.63) is 24.3 Å². The van der Waals surface area contributed by atoms with Gasteiger partial charge in [0.25, 0.3) is 0 Å². The number of nitrogens with one attached hydrogen (secondary N) is 1. The quantitative estimate of drug-likeness (QED) is 0.771. The molecule has 1 aliphatic carbocycles. The molecular formula is C23H31N3O3. The number of hydrogen-bond donors (Lipinski definition) is 1. The molecule has 29 heavy (non-hydrogen) atoms. The number of fused-ring (bicyclic) bond motifs is 1. The number of nitrogens with zero attached hydrogens (tertiary/aromatic N) is 2.